The van der Waals surface area contributed by atoms with Crippen LogP contribution in [0, 0.1) is 0 Å². The Morgan fingerprint density at radius 1 is 1.17 bits per heavy atom. The molecule has 3 aromatic rings. The van der Waals surface area contributed by atoms with Gasteiger partial charge in [0.2, 0.25) is 0 Å². The van der Waals surface area contributed by atoms with Gasteiger partial charge in [-0.2, -0.15) is 0 Å². The summed E-state index contributed by atoms with van der Waals surface area (Å²) in [6, 6.07) is 8.10. The molecule has 0 amide bonds. The molecule has 2 aromatic heterocycles. The summed E-state index contributed by atoms with van der Waals surface area (Å²) in [7, 11) is 3.12. The van der Waals surface area contributed by atoms with Crippen molar-refractivity contribution in [2.24, 2.45) is 0 Å². The smallest absolute Gasteiger partial charge is 0.348 e. The van der Waals surface area contributed by atoms with Gasteiger partial charge in [0, 0.05) is 11.6 Å². The third kappa shape index (κ3) is 3.01. The lowest BCUT2D eigenvalue weighted by atomic mass is 9.83. The number of esters is 1. The van der Waals surface area contributed by atoms with Gasteiger partial charge >= 0.3 is 5.97 Å². The molecule has 5 nitrogen and oxygen atoms in total. The van der Waals surface area contributed by atoms with Crippen LogP contribution < -0.4 is 9.47 Å². The number of rotatable bonds is 3. The molecule has 1 saturated carbocycles. The molecule has 1 aliphatic carbocycles. The van der Waals surface area contributed by atoms with Gasteiger partial charge in [-0.3, -0.25) is 0 Å². The first kappa shape index (κ1) is 18.6. The molecule has 0 N–H and O–H groups in total. The summed E-state index contributed by atoms with van der Waals surface area (Å²) in [6.45, 7) is 1.34. The molecule has 0 bridgehead atoms. The standard InChI is InChI=1S/C23H25NO4S/c1-26-15-8-9-16-18(12-15)28-11-10-24-17-13-19(23(25)27-2)29-22(17)20(21(16)24)14-6-4-3-5-7-14/h8-9,12-14H,3-7,10-11H2,1-2H3. The van der Waals surface area contributed by atoms with Gasteiger partial charge in [0.05, 0.1) is 36.7 Å². The quantitative estimate of drug-likeness (QED) is 0.526. The monoisotopic (exact) mass is 411 g/mol. The van der Waals surface area contributed by atoms with Crippen molar-refractivity contribution in [1.82, 2.24) is 4.57 Å². The molecule has 0 spiro atoms. The number of ether oxygens (including phenoxy) is 3. The zero-order chi connectivity index (χ0) is 20.0. The molecule has 1 aliphatic heterocycles. The number of fused-ring (bicyclic) bond motifs is 5. The van der Waals surface area contributed by atoms with Crippen molar-refractivity contribution in [3.63, 3.8) is 0 Å². The molecule has 152 valence electrons. The van der Waals surface area contributed by atoms with Gasteiger partial charge in [-0.15, -0.1) is 11.3 Å². The first-order valence-electron chi connectivity index (χ1n) is 10.3. The van der Waals surface area contributed by atoms with E-state index in [4.69, 9.17) is 14.2 Å². The zero-order valence-corrected chi connectivity index (χ0v) is 17.6. The topological polar surface area (TPSA) is 49.7 Å². The third-order valence-electron chi connectivity index (χ3n) is 6.19. The molecule has 1 aromatic carbocycles. The predicted octanol–water partition coefficient (Wildman–Crippen LogP) is 5.61. The molecule has 0 atom stereocenters. The van der Waals surface area contributed by atoms with Gasteiger partial charge < -0.3 is 18.8 Å². The van der Waals surface area contributed by atoms with Gasteiger partial charge in [0.1, 0.15) is 23.0 Å². The number of hydrogen-bond donors (Lipinski definition) is 0. The first-order chi connectivity index (χ1) is 14.2. The number of hydrogen-bond acceptors (Lipinski definition) is 5. The average Bonchev–Trinajstić information content (AvgIpc) is 3.25. The van der Waals surface area contributed by atoms with E-state index in [0.29, 0.717) is 17.4 Å². The Morgan fingerprint density at radius 2 is 2.00 bits per heavy atom. The van der Waals surface area contributed by atoms with Crippen molar-refractivity contribution in [1.29, 1.82) is 0 Å². The van der Waals surface area contributed by atoms with Crippen LogP contribution in [0.25, 0.3) is 21.5 Å². The van der Waals surface area contributed by atoms with Crippen LogP contribution in [0.3, 0.4) is 0 Å². The van der Waals surface area contributed by atoms with Crippen LogP contribution >= 0.6 is 11.3 Å². The van der Waals surface area contributed by atoms with Gasteiger partial charge in [0.15, 0.2) is 0 Å². The second kappa shape index (κ2) is 7.41. The van der Waals surface area contributed by atoms with Gasteiger partial charge in [-0.1, -0.05) is 19.3 Å². The van der Waals surface area contributed by atoms with Gasteiger partial charge in [-0.25, -0.2) is 4.79 Å². The lowest BCUT2D eigenvalue weighted by molar-refractivity contribution is 0.0606. The van der Waals surface area contributed by atoms with Crippen LogP contribution in [0.15, 0.2) is 24.3 Å². The molecule has 0 unspecified atom stereocenters. The fourth-order valence-corrected chi connectivity index (χ4v) is 6.04. The number of aromatic nitrogens is 1. The van der Waals surface area contributed by atoms with E-state index in [0.717, 1.165) is 29.1 Å². The molecule has 0 saturated heterocycles. The Bertz CT molecular complexity index is 1070. The van der Waals surface area contributed by atoms with E-state index in [1.165, 1.54) is 55.2 Å². The van der Waals surface area contributed by atoms with E-state index in [2.05, 4.69) is 10.6 Å². The fourth-order valence-electron chi connectivity index (χ4n) is 4.83. The normalized spacial score (nSPS) is 16.6. The van der Waals surface area contributed by atoms with Crippen molar-refractivity contribution in [3.05, 3.63) is 34.7 Å². The molecule has 6 heteroatoms. The summed E-state index contributed by atoms with van der Waals surface area (Å²) in [4.78, 5) is 12.9. The summed E-state index contributed by atoms with van der Waals surface area (Å²) in [5.74, 6) is 1.93. The minimum Gasteiger partial charge on any atom is -0.497 e. The number of carbonyl (C=O) groups is 1. The highest BCUT2D eigenvalue weighted by Gasteiger charge is 2.31. The van der Waals surface area contributed by atoms with Gasteiger partial charge in [0.25, 0.3) is 0 Å². The molecule has 5 rings (SSSR count). The van der Waals surface area contributed by atoms with Crippen LogP contribution in [0.5, 0.6) is 11.5 Å². The maximum absolute atomic E-state index is 12.2. The molecule has 0 radical (unpaired) electrons. The Hall–Kier alpha value is -2.47. The van der Waals surface area contributed by atoms with E-state index in [9.17, 15) is 4.79 Å². The zero-order valence-electron chi connectivity index (χ0n) is 16.8. The highest BCUT2D eigenvalue weighted by Crippen LogP contribution is 2.49. The summed E-state index contributed by atoms with van der Waals surface area (Å²) >= 11 is 1.57. The highest BCUT2D eigenvalue weighted by molar-refractivity contribution is 7.21. The van der Waals surface area contributed by atoms with Crippen molar-refractivity contribution in [2.75, 3.05) is 20.8 Å². The third-order valence-corrected chi connectivity index (χ3v) is 7.33. The first-order valence-corrected chi connectivity index (χ1v) is 11.1. The van der Waals surface area contributed by atoms with Crippen molar-refractivity contribution in [3.8, 4) is 22.8 Å². The van der Waals surface area contributed by atoms with E-state index in [1.807, 2.05) is 18.2 Å². The summed E-state index contributed by atoms with van der Waals surface area (Å²) < 4.78 is 20.1. The highest BCUT2D eigenvalue weighted by atomic mass is 32.1. The van der Waals surface area contributed by atoms with Crippen LogP contribution in [0.4, 0.5) is 0 Å². The summed E-state index contributed by atoms with van der Waals surface area (Å²) in [5.41, 5.74) is 4.88. The van der Waals surface area contributed by atoms with Crippen LogP contribution in [0.2, 0.25) is 0 Å². The minimum absolute atomic E-state index is 0.259. The Kier molecular flexibility index (Phi) is 4.74. The Labute approximate surface area is 174 Å². The van der Waals surface area contributed by atoms with Crippen molar-refractivity contribution < 1.29 is 19.0 Å². The van der Waals surface area contributed by atoms with Crippen molar-refractivity contribution >= 4 is 27.5 Å². The second-order valence-corrected chi connectivity index (χ2v) is 8.83. The predicted molar refractivity (Wildman–Crippen MR) is 114 cm³/mol. The number of benzene rings is 1. The van der Waals surface area contributed by atoms with E-state index in [1.54, 1.807) is 18.4 Å². The summed E-state index contributed by atoms with van der Waals surface area (Å²) in [5, 5.41) is 0. The van der Waals surface area contributed by atoms with Crippen LogP contribution in [-0.4, -0.2) is 31.4 Å². The average molecular weight is 412 g/mol. The fraction of sp³-hybridized carbons (Fsp3) is 0.435. The molecule has 3 heterocycles. The molecule has 1 fully saturated rings. The number of nitrogens with zero attached hydrogens (tertiary/aromatic N) is 1. The Morgan fingerprint density at radius 3 is 2.76 bits per heavy atom. The molecule has 2 aliphatic rings. The van der Waals surface area contributed by atoms with Crippen LogP contribution in [-0.2, 0) is 11.3 Å². The minimum atomic E-state index is -0.259. The van der Waals surface area contributed by atoms with E-state index < -0.39 is 0 Å². The molecular formula is C23H25NO4S. The number of carbonyl (C=O) groups excluding carboxylic acids is 1. The number of thiophene rings is 1. The van der Waals surface area contributed by atoms with Crippen molar-refractivity contribution in [2.45, 2.75) is 44.6 Å². The lowest BCUT2D eigenvalue weighted by Gasteiger charge is -2.23. The van der Waals surface area contributed by atoms with Gasteiger partial charge in [-0.05, 0) is 42.5 Å². The second-order valence-electron chi connectivity index (χ2n) is 7.78. The largest absolute Gasteiger partial charge is 0.497 e. The SMILES string of the molecule is COC(=O)c1cc2c(s1)c(C1CCCCC1)c1n2CCOc2cc(OC)ccc2-1. The van der Waals surface area contributed by atoms with Crippen LogP contribution in [0.1, 0.15) is 53.3 Å². The number of methoxy groups -OCH3 is 2. The summed E-state index contributed by atoms with van der Waals surface area (Å²) in [6.07, 6.45) is 6.23. The maximum Gasteiger partial charge on any atom is 0.348 e. The Balaban J connectivity index is 1.77. The van der Waals surface area contributed by atoms with E-state index in [-0.39, 0.29) is 5.97 Å². The maximum atomic E-state index is 12.2. The lowest BCUT2D eigenvalue weighted by Crippen LogP contribution is -2.08. The van der Waals surface area contributed by atoms with E-state index >= 15 is 0 Å². The molecular weight excluding hydrogens is 386 g/mol. The molecule has 29 heavy (non-hydrogen) atoms.